The van der Waals surface area contributed by atoms with Gasteiger partial charge in [0.2, 0.25) is 17.8 Å². The Kier molecular flexibility index (Phi) is 4.54. The van der Waals surface area contributed by atoms with Crippen LogP contribution < -0.4 is 10.2 Å². The topological polar surface area (TPSA) is 71.8 Å². The molecule has 7 nitrogen and oxygen atoms in total. The molecule has 3 heterocycles. The lowest BCUT2D eigenvalue weighted by Gasteiger charge is -2.26. The zero-order valence-electron chi connectivity index (χ0n) is 12.1. The standard InChI is InChI=1S/C13H19N7S/c1-2-3-15-11-16-12(19-6-8-21-9-7-19)18-13(17-11)20-5-4-14-10-20/h4-5,10H,2-3,6-9H2,1H3,(H,15,16,17,18). The van der Waals surface area contributed by atoms with Gasteiger partial charge in [-0.3, -0.25) is 4.57 Å². The molecule has 0 aromatic carbocycles. The maximum Gasteiger partial charge on any atom is 0.241 e. The Morgan fingerprint density at radius 3 is 2.71 bits per heavy atom. The second-order valence-corrected chi connectivity index (χ2v) is 5.98. The van der Waals surface area contributed by atoms with Crippen molar-refractivity contribution in [2.75, 3.05) is 41.4 Å². The molecule has 1 fully saturated rings. The fourth-order valence-corrected chi connectivity index (χ4v) is 2.97. The number of hydrogen-bond acceptors (Lipinski definition) is 7. The summed E-state index contributed by atoms with van der Waals surface area (Å²) in [6, 6.07) is 0. The van der Waals surface area contributed by atoms with Gasteiger partial charge in [0.15, 0.2) is 0 Å². The lowest BCUT2D eigenvalue weighted by atomic mass is 10.5. The molecular formula is C13H19N7S. The zero-order chi connectivity index (χ0) is 14.5. The summed E-state index contributed by atoms with van der Waals surface area (Å²) in [7, 11) is 0. The Morgan fingerprint density at radius 2 is 2.00 bits per heavy atom. The Hall–Kier alpha value is -1.83. The normalized spacial score (nSPS) is 15.2. The van der Waals surface area contributed by atoms with Gasteiger partial charge >= 0.3 is 0 Å². The van der Waals surface area contributed by atoms with Gasteiger partial charge in [-0.15, -0.1) is 0 Å². The maximum absolute atomic E-state index is 4.59. The smallest absolute Gasteiger partial charge is 0.241 e. The average Bonchev–Trinajstić information content (AvgIpc) is 3.08. The van der Waals surface area contributed by atoms with Crippen LogP contribution in [0.15, 0.2) is 18.7 Å². The minimum atomic E-state index is 0.606. The third kappa shape index (κ3) is 3.44. The summed E-state index contributed by atoms with van der Waals surface area (Å²) in [4.78, 5) is 19.9. The number of thioether (sulfide) groups is 1. The van der Waals surface area contributed by atoms with E-state index in [1.807, 2.05) is 18.0 Å². The average molecular weight is 305 g/mol. The highest BCUT2D eigenvalue weighted by atomic mass is 32.2. The van der Waals surface area contributed by atoms with Gasteiger partial charge in [-0.1, -0.05) is 6.92 Å². The largest absolute Gasteiger partial charge is 0.354 e. The predicted molar refractivity (Wildman–Crippen MR) is 85.3 cm³/mol. The van der Waals surface area contributed by atoms with Crippen molar-refractivity contribution in [1.29, 1.82) is 0 Å². The van der Waals surface area contributed by atoms with Crippen molar-refractivity contribution in [3.8, 4) is 5.95 Å². The molecule has 1 aliphatic heterocycles. The maximum atomic E-state index is 4.59. The third-order valence-electron chi connectivity index (χ3n) is 3.17. The molecule has 0 spiro atoms. The van der Waals surface area contributed by atoms with E-state index in [2.05, 4.69) is 37.1 Å². The van der Waals surface area contributed by atoms with Crippen LogP contribution in [0.4, 0.5) is 11.9 Å². The van der Waals surface area contributed by atoms with E-state index in [-0.39, 0.29) is 0 Å². The highest BCUT2D eigenvalue weighted by Gasteiger charge is 2.16. The molecule has 1 aliphatic rings. The number of nitrogens with zero attached hydrogens (tertiary/aromatic N) is 6. The minimum Gasteiger partial charge on any atom is -0.354 e. The second kappa shape index (κ2) is 6.75. The van der Waals surface area contributed by atoms with Crippen molar-refractivity contribution in [2.45, 2.75) is 13.3 Å². The first kappa shape index (κ1) is 14.1. The van der Waals surface area contributed by atoms with Gasteiger partial charge in [0.25, 0.3) is 0 Å². The van der Waals surface area contributed by atoms with E-state index in [9.17, 15) is 0 Å². The lowest BCUT2D eigenvalue weighted by molar-refractivity contribution is 0.788. The van der Waals surface area contributed by atoms with Gasteiger partial charge < -0.3 is 10.2 Å². The molecule has 0 unspecified atom stereocenters. The number of aromatic nitrogens is 5. The molecule has 0 aliphatic carbocycles. The van der Waals surface area contributed by atoms with Gasteiger partial charge in [-0.25, -0.2) is 4.98 Å². The van der Waals surface area contributed by atoms with Crippen LogP contribution in [-0.2, 0) is 0 Å². The van der Waals surface area contributed by atoms with Crippen LogP contribution in [0.25, 0.3) is 5.95 Å². The minimum absolute atomic E-state index is 0.606. The number of rotatable bonds is 5. The quantitative estimate of drug-likeness (QED) is 0.896. The summed E-state index contributed by atoms with van der Waals surface area (Å²) in [6.45, 7) is 4.92. The van der Waals surface area contributed by atoms with E-state index in [4.69, 9.17) is 0 Å². The molecule has 2 aromatic heterocycles. The summed E-state index contributed by atoms with van der Waals surface area (Å²) in [5, 5.41) is 3.25. The van der Waals surface area contributed by atoms with E-state index < -0.39 is 0 Å². The Bertz CT molecular complexity index is 566. The fourth-order valence-electron chi connectivity index (χ4n) is 2.07. The number of nitrogens with one attached hydrogen (secondary N) is 1. The molecule has 21 heavy (non-hydrogen) atoms. The summed E-state index contributed by atoms with van der Waals surface area (Å²) in [5.74, 6) is 4.21. The van der Waals surface area contributed by atoms with Gasteiger partial charge in [0, 0.05) is 43.5 Å². The van der Waals surface area contributed by atoms with Crippen LogP contribution >= 0.6 is 11.8 Å². The lowest BCUT2D eigenvalue weighted by Crippen LogP contribution is -2.34. The van der Waals surface area contributed by atoms with Gasteiger partial charge in [-0.05, 0) is 6.42 Å². The van der Waals surface area contributed by atoms with Crippen LogP contribution in [0, 0.1) is 0 Å². The van der Waals surface area contributed by atoms with Crippen LogP contribution in [0.5, 0.6) is 0 Å². The van der Waals surface area contributed by atoms with Gasteiger partial charge in [-0.2, -0.15) is 26.7 Å². The molecule has 0 bridgehead atoms. The highest BCUT2D eigenvalue weighted by Crippen LogP contribution is 2.18. The third-order valence-corrected chi connectivity index (χ3v) is 4.12. The van der Waals surface area contributed by atoms with Gasteiger partial charge in [0.1, 0.15) is 6.33 Å². The number of imidazole rings is 1. The SMILES string of the molecule is CCCNc1nc(N2CCSCC2)nc(-n2ccnc2)n1. The molecule has 0 saturated carbocycles. The van der Waals surface area contributed by atoms with Crippen LogP contribution in [0.3, 0.4) is 0 Å². The molecule has 0 atom stereocenters. The molecule has 8 heteroatoms. The molecule has 2 aromatic rings. The predicted octanol–water partition coefficient (Wildman–Crippen LogP) is 1.43. The van der Waals surface area contributed by atoms with Crippen LogP contribution in [0.2, 0.25) is 0 Å². The first-order chi connectivity index (χ1) is 10.4. The van der Waals surface area contributed by atoms with Crippen LogP contribution in [0.1, 0.15) is 13.3 Å². The summed E-state index contributed by atoms with van der Waals surface area (Å²) < 4.78 is 1.81. The van der Waals surface area contributed by atoms with E-state index in [0.29, 0.717) is 11.9 Å². The second-order valence-electron chi connectivity index (χ2n) is 4.76. The molecule has 1 saturated heterocycles. The molecule has 112 valence electrons. The van der Waals surface area contributed by atoms with Crippen molar-refractivity contribution in [2.24, 2.45) is 0 Å². The van der Waals surface area contributed by atoms with Crippen molar-refractivity contribution >= 4 is 23.7 Å². The Morgan fingerprint density at radius 1 is 1.19 bits per heavy atom. The Labute approximate surface area is 128 Å². The molecular weight excluding hydrogens is 286 g/mol. The van der Waals surface area contributed by atoms with E-state index in [1.165, 1.54) is 0 Å². The highest BCUT2D eigenvalue weighted by molar-refractivity contribution is 7.99. The van der Waals surface area contributed by atoms with E-state index in [0.717, 1.165) is 43.5 Å². The summed E-state index contributed by atoms with van der Waals surface area (Å²) >= 11 is 1.97. The first-order valence-corrected chi connectivity index (χ1v) is 8.33. The van der Waals surface area contributed by atoms with Crippen molar-refractivity contribution in [3.05, 3.63) is 18.7 Å². The summed E-state index contributed by atoms with van der Waals surface area (Å²) in [5.41, 5.74) is 0. The Balaban J connectivity index is 1.92. The fraction of sp³-hybridized carbons (Fsp3) is 0.538. The van der Waals surface area contributed by atoms with E-state index in [1.54, 1.807) is 17.1 Å². The number of anilines is 2. The van der Waals surface area contributed by atoms with Gasteiger partial charge in [0.05, 0.1) is 0 Å². The monoisotopic (exact) mass is 305 g/mol. The molecule has 0 amide bonds. The number of hydrogen-bond donors (Lipinski definition) is 1. The molecule has 3 rings (SSSR count). The summed E-state index contributed by atoms with van der Waals surface area (Å²) in [6.07, 6.45) is 6.30. The molecule has 1 N–H and O–H groups in total. The van der Waals surface area contributed by atoms with Crippen molar-refractivity contribution in [1.82, 2.24) is 24.5 Å². The van der Waals surface area contributed by atoms with Crippen LogP contribution in [-0.4, -0.2) is 55.6 Å². The first-order valence-electron chi connectivity index (χ1n) is 7.18. The van der Waals surface area contributed by atoms with Crippen molar-refractivity contribution in [3.63, 3.8) is 0 Å². The molecule has 0 radical (unpaired) electrons. The zero-order valence-corrected chi connectivity index (χ0v) is 12.9. The van der Waals surface area contributed by atoms with Crippen molar-refractivity contribution < 1.29 is 0 Å². The van der Waals surface area contributed by atoms with E-state index >= 15 is 0 Å².